The zero-order chi connectivity index (χ0) is 18.1. The van der Waals surface area contributed by atoms with Crippen molar-refractivity contribution in [1.82, 2.24) is 20.0 Å². The van der Waals surface area contributed by atoms with Crippen LogP contribution in [0.2, 0.25) is 0 Å². The molecule has 2 amide bonds. The molecule has 1 unspecified atom stereocenters. The molecular formula is C20H30N4O2. The molecule has 1 aromatic rings. The maximum absolute atomic E-state index is 12.9. The topological polar surface area (TPSA) is 69.3 Å². The maximum atomic E-state index is 12.9. The number of amides is 2. The first-order valence-electron chi connectivity index (χ1n) is 10.2. The van der Waals surface area contributed by atoms with Crippen molar-refractivity contribution in [3.05, 3.63) is 17.0 Å². The third kappa shape index (κ3) is 3.51. The van der Waals surface area contributed by atoms with Gasteiger partial charge in [0.25, 0.3) is 5.91 Å². The van der Waals surface area contributed by atoms with Gasteiger partial charge in [0, 0.05) is 43.9 Å². The summed E-state index contributed by atoms with van der Waals surface area (Å²) in [6.07, 6.45) is 8.03. The summed E-state index contributed by atoms with van der Waals surface area (Å²) in [6, 6.07) is 0. The van der Waals surface area contributed by atoms with Gasteiger partial charge in [-0.05, 0) is 56.8 Å². The fourth-order valence-corrected chi connectivity index (χ4v) is 4.70. The number of piperidine rings is 1. The number of nitrogens with zero attached hydrogens (tertiary/aromatic N) is 3. The van der Waals surface area contributed by atoms with E-state index < -0.39 is 0 Å². The smallest absolute Gasteiger partial charge is 0.274 e. The molecule has 2 aliphatic heterocycles. The zero-order valence-electron chi connectivity index (χ0n) is 15.8. The number of likely N-dealkylation sites (tertiary alicyclic amines) is 2. The van der Waals surface area contributed by atoms with Crippen molar-refractivity contribution in [1.29, 1.82) is 0 Å². The molecule has 1 aromatic heterocycles. The number of aryl methyl sites for hydroxylation is 1. The molecule has 6 heteroatoms. The lowest BCUT2D eigenvalue weighted by atomic mass is 9.87. The largest absolute Gasteiger partial charge is 0.343 e. The van der Waals surface area contributed by atoms with Gasteiger partial charge in [-0.2, -0.15) is 5.10 Å². The fourth-order valence-electron chi connectivity index (χ4n) is 4.70. The van der Waals surface area contributed by atoms with Crippen molar-refractivity contribution >= 4 is 11.8 Å². The van der Waals surface area contributed by atoms with Gasteiger partial charge in [-0.25, -0.2) is 0 Å². The van der Waals surface area contributed by atoms with E-state index in [0.717, 1.165) is 82.4 Å². The Morgan fingerprint density at radius 3 is 2.73 bits per heavy atom. The van der Waals surface area contributed by atoms with E-state index in [-0.39, 0.29) is 5.91 Å². The minimum atomic E-state index is 0.102. The van der Waals surface area contributed by atoms with Crippen molar-refractivity contribution < 1.29 is 9.59 Å². The van der Waals surface area contributed by atoms with E-state index in [1.54, 1.807) is 0 Å². The zero-order valence-corrected chi connectivity index (χ0v) is 15.8. The van der Waals surface area contributed by atoms with Crippen LogP contribution in [0, 0.1) is 11.8 Å². The lowest BCUT2D eigenvalue weighted by Gasteiger charge is -2.32. The summed E-state index contributed by atoms with van der Waals surface area (Å²) in [5, 5.41) is 7.46. The fraction of sp³-hybridized carbons (Fsp3) is 0.750. The van der Waals surface area contributed by atoms with Crippen LogP contribution in [-0.2, 0) is 17.6 Å². The Kier molecular flexibility index (Phi) is 5.00. The summed E-state index contributed by atoms with van der Waals surface area (Å²) in [7, 11) is 0. The minimum absolute atomic E-state index is 0.102. The predicted molar refractivity (Wildman–Crippen MR) is 98.8 cm³/mol. The summed E-state index contributed by atoms with van der Waals surface area (Å²) in [5.74, 6) is 1.67. The standard InChI is InChI=1S/C20H30N4O2/c1-14-4-5-17-16(13-14)19(22-21-17)20(26)24-11-7-15(8-12-24)6-10-23-9-2-3-18(23)25/h14-15H,2-13H2,1H3,(H,21,22). The molecule has 0 radical (unpaired) electrons. The predicted octanol–water partition coefficient (Wildman–Crippen LogP) is 2.40. The first-order valence-corrected chi connectivity index (χ1v) is 10.2. The Morgan fingerprint density at radius 2 is 2.00 bits per heavy atom. The number of nitrogens with one attached hydrogen (secondary N) is 1. The minimum Gasteiger partial charge on any atom is -0.343 e. The molecule has 3 aliphatic rings. The number of aromatic amines is 1. The molecule has 1 aliphatic carbocycles. The molecule has 1 atom stereocenters. The van der Waals surface area contributed by atoms with Crippen LogP contribution < -0.4 is 0 Å². The number of hydrogen-bond donors (Lipinski definition) is 1. The molecule has 2 fully saturated rings. The number of H-pyrrole nitrogens is 1. The van der Waals surface area contributed by atoms with Gasteiger partial charge in [0.1, 0.15) is 0 Å². The molecule has 4 rings (SSSR count). The Bertz CT molecular complexity index is 675. The van der Waals surface area contributed by atoms with Gasteiger partial charge in [0.15, 0.2) is 5.69 Å². The molecule has 26 heavy (non-hydrogen) atoms. The summed E-state index contributed by atoms with van der Waals surface area (Å²) in [4.78, 5) is 28.7. The molecule has 3 heterocycles. The summed E-state index contributed by atoms with van der Waals surface area (Å²) in [5.41, 5.74) is 2.98. The number of rotatable bonds is 4. The van der Waals surface area contributed by atoms with Gasteiger partial charge in [-0.15, -0.1) is 0 Å². The number of aromatic nitrogens is 2. The number of fused-ring (bicyclic) bond motifs is 1. The number of carbonyl (C=O) groups excluding carboxylic acids is 2. The van der Waals surface area contributed by atoms with Crippen molar-refractivity contribution in [2.24, 2.45) is 11.8 Å². The van der Waals surface area contributed by atoms with E-state index in [2.05, 4.69) is 17.1 Å². The Labute approximate surface area is 155 Å². The summed E-state index contributed by atoms with van der Waals surface area (Å²) in [6.45, 7) is 5.70. The first-order chi connectivity index (χ1) is 12.6. The molecular weight excluding hydrogens is 328 g/mol. The van der Waals surface area contributed by atoms with Gasteiger partial charge in [-0.3, -0.25) is 14.7 Å². The maximum Gasteiger partial charge on any atom is 0.274 e. The SMILES string of the molecule is CC1CCc2[nH]nc(C(=O)N3CCC(CCN4CCCC4=O)CC3)c2C1. The third-order valence-corrected chi connectivity index (χ3v) is 6.48. The molecule has 2 saturated heterocycles. The number of carbonyl (C=O) groups is 2. The molecule has 0 aromatic carbocycles. The highest BCUT2D eigenvalue weighted by Gasteiger charge is 2.30. The summed E-state index contributed by atoms with van der Waals surface area (Å²) < 4.78 is 0. The van der Waals surface area contributed by atoms with Gasteiger partial charge in [0.2, 0.25) is 5.91 Å². The molecule has 0 saturated carbocycles. The van der Waals surface area contributed by atoms with Crippen LogP contribution in [-0.4, -0.2) is 58.0 Å². The first kappa shape index (κ1) is 17.6. The van der Waals surface area contributed by atoms with Crippen molar-refractivity contribution in [3.63, 3.8) is 0 Å². The van der Waals surface area contributed by atoms with Gasteiger partial charge in [-0.1, -0.05) is 6.92 Å². The Morgan fingerprint density at radius 1 is 1.19 bits per heavy atom. The molecule has 142 valence electrons. The van der Waals surface area contributed by atoms with E-state index in [0.29, 0.717) is 23.4 Å². The second-order valence-corrected chi connectivity index (χ2v) is 8.39. The highest BCUT2D eigenvalue weighted by Crippen LogP contribution is 2.28. The van der Waals surface area contributed by atoms with E-state index in [1.807, 2.05) is 9.80 Å². The molecule has 0 bridgehead atoms. The average Bonchev–Trinajstić information content (AvgIpc) is 3.25. The van der Waals surface area contributed by atoms with Crippen molar-refractivity contribution in [2.45, 2.75) is 58.3 Å². The van der Waals surface area contributed by atoms with E-state index in [1.165, 1.54) is 6.42 Å². The quantitative estimate of drug-likeness (QED) is 0.898. The van der Waals surface area contributed by atoms with Crippen LogP contribution in [0.25, 0.3) is 0 Å². The Hall–Kier alpha value is -1.85. The lowest BCUT2D eigenvalue weighted by Crippen LogP contribution is -2.40. The van der Waals surface area contributed by atoms with Crippen LogP contribution in [0.5, 0.6) is 0 Å². The second-order valence-electron chi connectivity index (χ2n) is 8.39. The van der Waals surface area contributed by atoms with E-state index >= 15 is 0 Å². The second kappa shape index (κ2) is 7.41. The van der Waals surface area contributed by atoms with Crippen LogP contribution in [0.1, 0.15) is 67.2 Å². The highest BCUT2D eigenvalue weighted by atomic mass is 16.2. The van der Waals surface area contributed by atoms with Crippen LogP contribution in [0.4, 0.5) is 0 Å². The highest BCUT2D eigenvalue weighted by molar-refractivity contribution is 5.94. The van der Waals surface area contributed by atoms with Gasteiger partial charge >= 0.3 is 0 Å². The van der Waals surface area contributed by atoms with Crippen LogP contribution >= 0.6 is 0 Å². The number of hydrogen-bond acceptors (Lipinski definition) is 3. The van der Waals surface area contributed by atoms with Crippen LogP contribution in [0.3, 0.4) is 0 Å². The van der Waals surface area contributed by atoms with Gasteiger partial charge in [0.05, 0.1) is 0 Å². The molecule has 1 N–H and O–H groups in total. The summed E-state index contributed by atoms with van der Waals surface area (Å²) >= 11 is 0. The molecule has 6 nitrogen and oxygen atoms in total. The van der Waals surface area contributed by atoms with Gasteiger partial charge < -0.3 is 9.80 Å². The Balaban J connectivity index is 1.30. The van der Waals surface area contributed by atoms with E-state index in [9.17, 15) is 9.59 Å². The van der Waals surface area contributed by atoms with Crippen molar-refractivity contribution in [3.8, 4) is 0 Å². The van der Waals surface area contributed by atoms with Crippen LogP contribution in [0.15, 0.2) is 0 Å². The van der Waals surface area contributed by atoms with Crippen molar-refractivity contribution in [2.75, 3.05) is 26.2 Å². The lowest BCUT2D eigenvalue weighted by molar-refractivity contribution is -0.127. The average molecular weight is 358 g/mol. The normalized spacial score (nSPS) is 24.2. The van der Waals surface area contributed by atoms with E-state index in [4.69, 9.17) is 0 Å². The third-order valence-electron chi connectivity index (χ3n) is 6.48. The monoisotopic (exact) mass is 358 g/mol. The molecule has 0 spiro atoms.